The van der Waals surface area contributed by atoms with Crippen LogP contribution in [0.15, 0.2) is 72.9 Å². The van der Waals surface area contributed by atoms with Crippen LogP contribution in [0.25, 0.3) is 16.6 Å². The van der Waals surface area contributed by atoms with E-state index in [1.807, 2.05) is 28.6 Å². The quantitative estimate of drug-likeness (QED) is 0.741. The lowest BCUT2D eigenvalue weighted by molar-refractivity contribution is -0.414. The second-order valence-corrected chi connectivity index (χ2v) is 7.58. The predicted octanol–water partition coefficient (Wildman–Crippen LogP) is 2.79. The number of ether oxygens (including phenoxy) is 1. The van der Waals surface area contributed by atoms with Crippen LogP contribution < -0.4 is 5.43 Å². The maximum Gasteiger partial charge on any atom is 0.385 e. The largest absolute Gasteiger partial charge is 0.442 e. The number of hydrogen-bond donors (Lipinski definition) is 2. The summed E-state index contributed by atoms with van der Waals surface area (Å²) in [6.07, 6.45) is 10.7. The number of rotatable bonds is 4. The van der Waals surface area contributed by atoms with Gasteiger partial charge in [-0.15, -0.1) is 0 Å². The van der Waals surface area contributed by atoms with Crippen LogP contribution in [-0.4, -0.2) is 43.7 Å². The van der Waals surface area contributed by atoms with Gasteiger partial charge in [-0.2, -0.15) is 9.31 Å². The zero-order valence-corrected chi connectivity index (χ0v) is 16.1. The average molecular weight is 410 g/mol. The fraction of sp³-hybridized carbons (Fsp3) is 0.158. The van der Waals surface area contributed by atoms with E-state index in [4.69, 9.17) is 14.4 Å². The summed E-state index contributed by atoms with van der Waals surface area (Å²) in [5, 5.41) is 8.39. The molecule has 5 heterocycles. The van der Waals surface area contributed by atoms with Crippen molar-refractivity contribution in [1.29, 1.82) is 0 Å². The first kappa shape index (κ1) is 16.9. The molecule has 2 aromatic rings. The lowest BCUT2D eigenvalue weighted by Gasteiger charge is -2.47. The van der Waals surface area contributed by atoms with Crippen molar-refractivity contribution in [3.8, 4) is 0 Å². The van der Waals surface area contributed by atoms with Gasteiger partial charge >= 0.3 is 5.97 Å². The SMILES string of the molecule is C1=CON(N2C(c3cc4ccccc4[nH]3)=COC2(N2NC=CO2)N2CC=CS2)C1. The smallest absolute Gasteiger partial charge is 0.385 e. The van der Waals surface area contributed by atoms with E-state index in [0.29, 0.717) is 13.1 Å². The zero-order chi connectivity index (χ0) is 19.3. The highest BCUT2D eigenvalue weighted by molar-refractivity contribution is 8.00. The van der Waals surface area contributed by atoms with Crippen molar-refractivity contribution in [2.24, 2.45) is 0 Å². The molecule has 0 amide bonds. The second-order valence-electron chi connectivity index (χ2n) is 6.66. The van der Waals surface area contributed by atoms with Gasteiger partial charge in [0.25, 0.3) is 0 Å². The first-order chi connectivity index (χ1) is 14.4. The standard InChI is InChI=1S/C19H18N6O3S/c1-2-6-16-15(5-1)13-17(21-16)18-14-26-19(22-8-4-12-29-22,25-20-7-11-28-25)24(18)23-9-3-10-27-23/h1-7,10-14,20-21H,8-9H2. The molecule has 4 aliphatic rings. The van der Waals surface area contributed by atoms with Crippen LogP contribution in [0.3, 0.4) is 0 Å². The molecular weight excluding hydrogens is 392 g/mol. The van der Waals surface area contributed by atoms with E-state index in [0.717, 1.165) is 22.3 Å². The number of nitrogens with zero attached hydrogens (tertiary/aromatic N) is 4. The Bertz CT molecular complexity index is 984. The highest BCUT2D eigenvalue weighted by Crippen LogP contribution is 2.46. The van der Waals surface area contributed by atoms with Crippen molar-refractivity contribution in [2.45, 2.75) is 5.97 Å². The van der Waals surface area contributed by atoms with Gasteiger partial charge in [-0.25, -0.2) is 0 Å². The van der Waals surface area contributed by atoms with Crippen LogP contribution in [0.4, 0.5) is 0 Å². The summed E-state index contributed by atoms with van der Waals surface area (Å²) in [6, 6.07) is 10.3. The highest BCUT2D eigenvalue weighted by Gasteiger charge is 2.61. The van der Waals surface area contributed by atoms with Gasteiger partial charge in [-0.1, -0.05) is 24.3 Å². The minimum Gasteiger partial charge on any atom is -0.442 e. The maximum absolute atomic E-state index is 6.35. The van der Waals surface area contributed by atoms with E-state index in [2.05, 4.69) is 39.0 Å². The van der Waals surface area contributed by atoms with Crippen molar-refractivity contribution in [1.82, 2.24) is 30.1 Å². The fourth-order valence-corrected chi connectivity index (χ4v) is 4.55. The van der Waals surface area contributed by atoms with Crippen molar-refractivity contribution < 1.29 is 14.4 Å². The third kappa shape index (κ3) is 2.47. The predicted molar refractivity (Wildman–Crippen MR) is 107 cm³/mol. The number of hydrogen-bond acceptors (Lipinski definition) is 9. The third-order valence-electron chi connectivity index (χ3n) is 4.97. The van der Waals surface area contributed by atoms with Crippen LogP contribution >= 0.6 is 11.9 Å². The molecule has 1 atom stereocenters. The number of hydrazine groups is 2. The normalized spacial score (nSPS) is 26.8. The number of para-hydroxylation sites is 1. The number of fused-ring (bicyclic) bond motifs is 1. The van der Waals surface area contributed by atoms with Crippen molar-refractivity contribution in [3.63, 3.8) is 0 Å². The summed E-state index contributed by atoms with van der Waals surface area (Å²) in [5.41, 5.74) is 5.88. The molecule has 4 aliphatic heterocycles. The summed E-state index contributed by atoms with van der Waals surface area (Å²) >= 11 is 1.54. The summed E-state index contributed by atoms with van der Waals surface area (Å²) in [5.74, 6) is -1.16. The molecule has 6 rings (SSSR count). The molecule has 0 bridgehead atoms. The van der Waals surface area contributed by atoms with Crippen LogP contribution in [0.1, 0.15) is 5.69 Å². The van der Waals surface area contributed by atoms with E-state index < -0.39 is 5.97 Å². The van der Waals surface area contributed by atoms with Crippen molar-refractivity contribution >= 4 is 28.5 Å². The van der Waals surface area contributed by atoms with Gasteiger partial charge in [0.2, 0.25) is 0 Å². The summed E-state index contributed by atoms with van der Waals surface area (Å²) in [4.78, 5) is 15.0. The number of aromatic nitrogens is 1. The van der Waals surface area contributed by atoms with Crippen LogP contribution in [-0.2, 0) is 14.4 Å². The monoisotopic (exact) mass is 410 g/mol. The summed E-state index contributed by atoms with van der Waals surface area (Å²) in [7, 11) is 0. The molecule has 0 fully saturated rings. The molecular formula is C19H18N6O3S. The van der Waals surface area contributed by atoms with E-state index in [-0.39, 0.29) is 0 Å². The molecule has 1 aromatic carbocycles. The topological polar surface area (TPSA) is 68.5 Å². The van der Waals surface area contributed by atoms with Crippen molar-refractivity contribution in [2.75, 3.05) is 13.1 Å². The van der Waals surface area contributed by atoms with E-state index in [1.165, 1.54) is 0 Å². The van der Waals surface area contributed by atoms with E-state index in [9.17, 15) is 0 Å². The Kier molecular flexibility index (Phi) is 3.78. The Morgan fingerprint density at radius 2 is 2.03 bits per heavy atom. The van der Waals surface area contributed by atoms with Gasteiger partial charge in [0.05, 0.1) is 18.4 Å². The number of hydroxylamine groups is 2. The summed E-state index contributed by atoms with van der Waals surface area (Å²) in [6.45, 7) is 1.23. The highest BCUT2D eigenvalue weighted by atomic mass is 32.2. The Hall–Kier alpha value is -3.05. The van der Waals surface area contributed by atoms with Gasteiger partial charge in [0.1, 0.15) is 24.5 Å². The Morgan fingerprint density at radius 1 is 1.07 bits per heavy atom. The zero-order valence-electron chi connectivity index (χ0n) is 15.3. The number of H-pyrrole nitrogens is 1. The Balaban J connectivity index is 1.46. The summed E-state index contributed by atoms with van der Waals surface area (Å²) < 4.78 is 8.41. The molecule has 0 aliphatic carbocycles. The molecule has 2 N–H and O–H groups in total. The lowest BCUT2D eigenvalue weighted by atomic mass is 10.2. The molecule has 9 nitrogen and oxygen atoms in total. The van der Waals surface area contributed by atoms with Gasteiger partial charge in [-0.05, 0) is 40.7 Å². The Morgan fingerprint density at radius 3 is 2.79 bits per heavy atom. The number of nitrogens with one attached hydrogen (secondary N) is 2. The lowest BCUT2D eigenvalue weighted by Crippen LogP contribution is -2.70. The average Bonchev–Trinajstić information content (AvgIpc) is 3.56. The van der Waals surface area contributed by atoms with Crippen molar-refractivity contribution in [3.05, 3.63) is 78.6 Å². The molecule has 0 saturated carbocycles. The second kappa shape index (κ2) is 6.49. The molecule has 0 spiro atoms. The molecule has 1 unspecified atom stereocenters. The fourth-order valence-electron chi connectivity index (χ4n) is 3.72. The number of benzene rings is 1. The van der Waals surface area contributed by atoms with E-state index >= 15 is 0 Å². The molecule has 1 aromatic heterocycles. The van der Waals surface area contributed by atoms with E-state index in [1.54, 1.807) is 47.3 Å². The van der Waals surface area contributed by atoms with Crippen LogP contribution in [0, 0.1) is 0 Å². The molecule has 10 heteroatoms. The van der Waals surface area contributed by atoms with Crippen LogP contribution in [0.2, 0.25) is 0 Å². The van der Waals surface area contributed by atoms with Gasteiger partial charge in [-0.3, -0.25) is 5.43 Å². The minimum absolute atomic E-state index is 0.565. The first-order valence-electron chi connectivity index (χ1n) is 9.19. The first-order valence-corrected chi connectivity index (χ1v) is 10.0. The maximum atomic E-state index is 6.35. The van der Waals surface area contributed by atoms with Gasteiger partial charge < -0.3 is 19.4 Å². The Labute approximate surface area is 171 Å². The molecule has 0 saturated heterocycles. The minimum atomic E-state index is -1.16. The number of aromatic amines is 1. The third-order valence-corrected chi connectivity index (χ3v) is 5.93. The molecule has 0 radical (unpaired) electrons. The van der Waals surface area contributed by atoms with Gasteiger partial charge in [0, 0.05) is 22.6 Å². The molecule has 29 heavy (non-hydrogen) atoms. The van der Waals surface area contributed by atoms with Gasteiger partial charge in [0.15, 0.2) is 0 Å². The van der Waals surface area contributed by atoms with Crippen LogP contribution in [0.5, 0.6) is 0 Å². The molecule has 148 valence electrons.